The Morgan fingerprint density at radius 1 is 1.18 bits per heavy atom. The third-order valence-electron chi connectivity index (χ3n) is 2.54. The summed E-state index contributed by atoms with van der Waals surface area (Å²) in [7, 11) is 0. The molecule has 0 fully saturated rings. The minimum Gasteiger partial charge on any atom is -0.326 e. The minimum atomic E-state index is -0.351. The Bertz CT molecular complexity index is 371. The van der Waals surface area contributed by atoms with Gasteiger partial charge in [-0.25, -0.2) is 0 Å². The smallest absolute Gasteiger partial charge is 0.229 e. The van der Waals surface area contributed by atoms with Gasteiger partial charge in [-0.1, -0.05) is 46.8 Å². The highest BCUT2D eigenvalue weighted by Gasteiger charge is 2.20. The van der Waals surface area contributed by atoms with Crippen LogP contribution in [0.5, 0.6) is 0 Å². The van der Waals surface area contributed by atoms with Crippen LogP contribution in [0.4, 0.5) is 5.69 Å². The lowest BCUT2D eigenvalue weighted by Crippen LogP contribution is -2.27. The highest BCUT2D eigenvalue weighted by Crippen LogP contribution is 2.18. The molecule has 2 nitrogen and oxygen atoms in total. The van der Waals surface area contributed by atoms with Crippen molar-refractivity contribution in [3.05, 3.63) is 29.8 Å². The second kappa shape index (κ2) is 5.35. The maximum Gasteiger partial charge on any atom is 0.229 e. The zero-order valence-corrected chi connectivity index (χ0v) is 11.5. The van der Waals surface area contributed by atoms with Gasteiger partial charge in [-0.3, -0.25) is 4.79 Å². The molecule has 1 amide bonds. The van der Waals surface area contributed by atoms with Crippen LogP contribution in [0, 0.1) is 11.3 Å². The van der Waals surface area contributed by atoms with Crippen LogP contribution in [-0.4, -0.2) is 5.91 Å². The third-order valence-corrected chi connectivity index (χ3v) is 2.54. The molecule has 2 heteroatoms. The standard InChI is InChI=1S/C15H23NO/c1-11(2)10-12-6-8-13(9-7-12)16-14(17)15(3,4)5/h6-9,11H,10H2,1-5H3,(H,16,17). The molecule has 0 aliphatic rings. The van der Waals surface area contributed by atoms with Crippen LogP contribution >= 0.6 is 0 Å². The van der Waals surface area contributed by atoms with Crippen LogP contribution in [-0.2, 0) is 11.2 Å². The lowest BCUT2D eigenvalue weighted by molar-refractivity contribution is -0.123. The molecule has 0 heterocycles. The van der Waals surface area contributed by atoms with Gasteiger partial charge in [0.2, 0.25) is 5.91 Å². The fourth-order valence-corrected chi connectivity index (χ4v) is 1.51. The molecule has 0 spiro atoms. The molecule has 1 N–H and O–H groups in total. The first-order valence-electron chi connectivity index (χ1n) is 6.19. The van der Waals surface area contributed by atoms with Crippen LogP contribution in [0.3, 0.4) is 0 Å². The molecule has 0 aromatic heterocycles. The van der Waals surface area contributed by atoms with Crippen LogP contribution in [0.15, 0.2) is 24.3 Å². The molecule has 1 rings (SSSR count). The van der Waals surface area contributed by atoms with Crippen molar-refractivity contribution >= 4 is 11.6 Å². The van der Waals surface area contributed by atoms with Gasteiger partial charge in [0.05, 0.1) is 0 Å². The van der Waals surface area contributed by atoms with Crippen LogP contribution in [0.1, 0.15) is 40.2 Å². The quantitative estimate of drug-likeness (QED) is 0.843. The predicted molar refractivity (Wildman–Crippen MR) is 73.1 cm³/mol. The van der Waals surface area contributed by atoms with Gasteiger partial charge in [-0.05, 0) is 30.0 Å². The molecule has 1 aromatic carbocycles. The van der Waals surface area contributed by atoms with Gasteiger partial charge in [0.25, 0.3) is 0 Å². The monoisotopic (exact) mass is 233 g/mol. The Kier molecular flexibility index (Phi) is 4.33. The summed E-state index contributed by atoms with van der Waals surface area (Å²) in [6.45, 7) is 10.1. The fourth-order valence-electron chi connectivity index (χ4n) is 1.51. The highest BCUT2D eigenvalue weighted by atomic mass is 16.2. The molecule has 0 aliphatic heterocycles. The maximum absolute atomic E-state index is 11.8. The molecule has 0 radical (unpaired) electrons. The summed E-state index contributed by atoms with van der Waals surface area (Å²) in [4.78, 5) is 11.8. The third kappa shape index (κ3) is 4.59. The van der Waals surface area contributed by atoms with E-state index in [1.165, 1.54) is 5.56 Å². The van der Waals surface area contributed by atoms with E-state index in [0.717, 1.165) is 12.1 Å². The first-order valence-corrected chi connectivity index (χ1v) is 6.19. The number of benzene rings is 1. The molecule has 0 unspecified atom stereocenters. The average molecular weight is 233 g/mol. The number of hydrogen-bond donors (Lipinski definition) is 1. The second-order valence-electron chi connectivity index (χ2n) is 6.00. The summed E-state index contributed by atoms with van der Waals surface area (Å²) in [5.74, 6) is 0.708. The van der Waals surface area contributed by atoms with Crippen molar-refractivity contribution in [3.8, 4) is 0 Å². The molecular weight excluding hydrogens is 210 g/mol. The number of nitrogens with one attached hydrogen (secondary N) is 1. The zero-order chi connectivity index (χ0) is 13.1. The SMILES string of the molecule is CC(C)Cc1ccc(NC(=O)C(C)(C)C)cc1. The van der Waals surface area contributed by atoms with Gasteiger partial charge >= 0.3 is 0 Å². The Hall–Kier alpha value is -1.31. The van der Waals surface area contributed by atoms with Crippen molar-refractivity contribution in [3.63, 3.8) is 0 Å². The summed E-state index contributed by atoms with van der Waals surface area (Å²) < 4.78 is 0. The number of amides is 1. The minimum absolute atomic E-state index is 0.0501. The summed E-state index contributed by atoms with van der Waals surface area (Å²) >= 11 is 0. The van der Waals surface area contributed by atoms with Crippen LogP contribution < -0.4 is 5.32 Å². The van der Waals surface area contributed by atoms with Gasteiger partial charge in [0, 0.05) is 11.1 Å². The van der Waals surface area contributed by atoms with E-state index in [9.17, 15) is 4.79 Å². The van der Waals surface area contributed by atoms with E-state index in [4.69, 9.17) is 0 Å². The highest BCUT2D eigenvalue weighted by molar-refractivity contribution is 5.94. The van der Waals surface area contributed by atoms with Gasteiger partial charge < -0.3 is 5.32 Å². The maximum atomic E-state index is 11.8. The number of carbonyl (C=O) groups is 1. The Balaban J connectivity index is 2.66. The number of anilines is 1. The molecule has 17 heavy (non-hydrogen) atoms. The summed E-state index contributed by atoms with van der Waals surface area (Å²) in [5, 5.41) is 2.92. The van der Waals surface area contributed by atoms with Crippen molar-refractivity contribution in [2.45, 2.75) is 41.0 Å². The van der Waals surface area contributed by atoms with Gasteiger partial charge in [-0.2, -0.15) is 0 Å². The predicted octanol–water partition coefficient (Wildman–Crippen LogP) is 3.87. The van der Waals surface area contributed by atoms with Crippen molar-refractivity contribution in [2.24, 2.45) is 11.3 Å². The molecular formula is C15H23NO. The number of rotatable bonds is 3. The van der Waals surface area contributed by atoms with Gasteiger partial charge in [0.15, 0.2) is 0 Å². The van der Waals surface area contributed by atoms with Crippen molar-refractivity contribution in [1.29, 1.82) is 0 Å². The first kappa shape index (κ1) is 13.8. The Morgan fingerprint density at radius 3 is 2.12 bits per heavy atom. The molecule has 94 valence electrons. The molecule has 1 aromatic rings. The Morgan fingerprint density at radius 2 is 1.71 bits per heavy atom. The zero-order valence-electron chi connectivity index (χ0n) is 11.5. The van der Waals surface area contributed by atoms with Crippen molar-refractivity contribution in [1.82, 2.24) is 0 Å². The lowest BCUT2D eigenvalue weighted by Gasteiger charge is -2.17. The number of carbonyl (C=O) groups excluding carboxylic acids is 1. The van der Waals surface area contributed by atoms with E-state index in [1.54, 1.807) is 0 Å². The summed E-state index contributed by atoms with van der Waals surface area (Å²) in [6.07, 6.45) is 1.08. The van der Waals surface area contributed by atoms with Crippen LogP contribution in [0.2, 0.25) is 0 Å². The molecule has 0 aliphatic carbocycles. The first-order chi connectivity index (χ1) is 7.79. The molecule has 0 atom stereocenters. The average Bonchev–Trinajstić information content (AvgIpc) is 2.18. The molecule has 0 bridgehead atoms. The topological polar surface area (TPSA) is 29.1 Å². The van der Waals surface area contributed by atoms with E-state index in [-0.39, 0.29) is 11.3 Å². The lowest BCUT2D eigenvalue weighted by atomic mass is 9.95. The summed E-state index contributed by atoms with van der Waals surface area (Å²) in [5.41, 5.74) is 1.84. The largest absolute Gasteiger partial charge is 0.326 e. The van der Waals surface area contributed by atoms with E-state index in [1.807, 2.05) is 32.9 Å². The van der Waals surface area contributed by atoms with E-state index >= 15 is 0 Å². The van der Waals surface area contributed by atoms with Gasteiger partial charge in [-0.15, -0.1) is 0 Å². The van der Waals surface area contributed by atoms with Crippen molar-refractivity contribution < 1.29 is 4.79 Å². The van der Waals surface area contributed by atoms with E-state index < -0.39 is 0 Å². The fraction of sp³-hybridized carbons (Fsp3) is 0.533. The molecule has 0 saturated carbocycles. The van der Waals surface area contributed by atoms with Crippen LogP contribution in [0.25, 0.3) is 0 Å². The second-order valence-corrected chi connectivity index (χ2v) is 6.00. The van der Waals surface area contributed by atoms with Crippen molar-refractivity contribution in [2.75, 3.05) is 5.32 Å². The van der Waals surface area contributed by atoms with E-state index in [0.29, 0.717) is 5.92 Å². The summed E-state index contributed by atoms with van der Waals surface area (Å²) in [6, 6.07) is 8.11. The normalized spacial score (nSPS) is 11.6. The Labute approximate surface area is 104 Å². The molecule has 0 saturated heterocycles. The number of hydrogen-bond acceptors (Lipinski definition) is 1. The van der Waals surface area contributed by atoms with E-state index in [2.05, 4.69) is 31.3 Å². The van der Waals surface area contributed by atoms with Gasteiger partial charge in [0.1, 0.15) is 0 Å².